The summed E-state index contributed by atoms with van der Waals surface area (Å²) < 4.78 is 44.0. The topological polar surface area (TPSA) is 96.2 Å². The highest BCUT2D eigenvalue weighted by molar-refractivity contribution is 7.98. The molecule has 2 heterocycles. The predicted molar refractivity (Wildman–Crippen MR) is 120 cm³/mol. The highest BCUT2D eigenvalue weighted by Gasteiger charge is 2.21. The number of carbonyl (C=O) groups excluding carboxylic acids is 1. The maximum atomic E-state index is 12.6. The van der Waals surface area contributed by atoms with Crippen LogP contribution >= 0.6 is 23.1 Å². The first-order valence-corrected chi connectivity index (χ1v) is 13.1. The predicted octanol–water partition coefficient (Wildman–Crippen LogP) is 2.70. The van der Waals surface area contributed by atoms with E-state index in [1.807, 2.05) is 23.0 Å². The first-order chi connectivity index (χ1) is 14.9. The van der Waals surface area contributed by atoms with Crippen molar-refractivity contribution in [3.63, 3.8) is 0 Å². The van der Waals surface area contributed by atoms with E-state index < -0.39 is 21.5 Å². The Bertz CT molecular complexity index is 1290. The molecule has 0 bridgehead atoms. The van der Waals surface area contributed by atoms with Crippen molar-refractivity contribution in [2.75, 3.05) is 31.7 Å². The van der Waals surface area contributed by atoms with E-state index in [1.54, 1.807) is 23.9 Å². The van der Waals surface area contributed by atoms with Crippen molar-refractivity contribution >= 4 is 49.1 Å². The van der Waals surface area contributed by atoms with Crippen molar-refractivity contribution in [3.8, 4) is 17.2 Å². The van der Waals surface area contributed by atoms with Crippen molar-refractivity contribution in [1.29, 1.82) is 0 Å². The smallest absolute Gasteiger partial charge is 0.263 e. The zero-order valence-corrected chi connectivity index (χ0v) is 19.3. The maximum Gasteiger partial charge on any atom is 0.263 e. The van der Waals surface area contributed by atoms with E-state index >= 15 is 0 Å². The number of methoxy groups -OCH3 is 1. The summed E-state index contributed by atoms with van der Waals surface area (Å²) in [5.74, 6) is 1.20. The molecule has 1 aliphatic rings. The summed E-state index contributed by atoms with van der Waals surface area (Å²) in [7, 11) is -2.32. The maximum absolute atomic E-state index is 12.6. The first-order valence-electron chi connectivity index (χ1n) is 9.27. The zero-order chi connectivity index (χ0) is 22.0. The molecule has 0 radical (unpaired) electrons. The number of ether oxygens (including phenoxy) is 3. The van der Waals surface area contributed by atoms with Crippen LogP contribution in [0.15, 0.2) is 46.3 Å². The van der Waals surface area contributed by atoms with Crippen LogP contribution in [0.2, 0.25) is 0 Å². The zero-order valence-electron chi connectivity index (χ0n) is 16.9. The van der Waals surface area contributed by atoms with E-state index in [0.717, 1.165) is 16.0 Å². The van der Waals surface area contributed by atoms with Crippen LogP contribution in [0, 0.1) is 0 Å². The normalized spacial score (nSPS) is 13.7. The van der Waals surface area contributed by atoms with Gasteiger partial charge in [-0.05, 0) is 30.5 Å². The Morgan fingerprint density at radius 3 is 2.61 bits per heavy atom. The van der Waals surface area contributed by atoms with Crippen LogP contribution in [0.25, 0.3) is 10.2 Å². The van der Waals surface area contributed by atoms with Gasteiger partial charge in [-0.3, -0.25) is 4.79 Å². The molecule has 0 saturated heterocycles. The van der Waals surface area contributed by atoms with Gasteiger partial charge in [0.2, 0.25) is 6.79 Å². The number of rotatable bonds is 7. The average molecular weight is 481 g/mol. The third-order valence-corrected chi connectivity index (χ3v) is 7.90. The Hall–Kier alpha value is -2.50. The summed E-state index contributed by atoms with van der Waals surface area (Å²) in [6, 6.07) is 9.64. The van der Waals surface area contributed by atoms with Gasteiger partial charge in [-0.25, -0.2) is 8.42 Å². The minimum Gasteiger partial charge on any atom is -0.497 e. The second kappa shape index (κ2) is 8.93. The molecule has 31 heavy (non-hydrogen) atoms. The summed E-state index contributed by atoms with van der Waals surface area (Å²) in [6.07, 6.45) is 1.99. The molecule has 0 fully saturated rings. The minimum atomic E-state index is -3.82. The average Bonchev–Trinajstić information content (AvgIpc) is 3.33. The fraction of sp³-hybridized carbons (Fsp3) is 0.300. The summed E-state index contributed by atoms with van der Waals surface area (Å²) >= 11 is 2.98. The van der Waals surface area contributed by atoms with E-state index in [0.29, 0.717) is 28.6 Å². The number of hydrogen-bond acceptors (Lipinski definition) is 8. The van der Waals surface area contributed by atoms with Gasteiger partial charge in [0.25, 0.3) is 5.91 Å². The number of thioether (sulfide) groups is 1. The van der Waals surface area contributed by atoms with Crippen LogP contribution in [0.1, 0.15) is 0 Å². The second-order valence-corrected chi connectivity index (χ2v) is 10.6. The van der Waals surface area contributed by atoms with Crippen molar-refractivity contribution in [2.45, 2.75) is 11.4 Å². The van der Waals surface area contributed by atoms with Gasteiger partial charge < -0.3 is 18.8 Å². The van der Waals surface area contributed by atoms with E-state index in [1.165, 1.54) is 30.6 Å². The van der Waals surface area contributed by atoms with Gasteiger partial charge in [-0.1, -0.05) is 11.3 Å². The number of aromatic nitrogens is 1. The SMILES string of the molecule is COc1ccc(S(=O)(=O)CC(=O)N=c2sc3cc4c(cc3n2CCSC)OCO4)cc1. The Morgan fingerprint density at radius 2 is 1.94 bits per heavy atom. The number of fused-ring (bicyclic) bond motifs is 2. The molecule has 0 atom stereocenters. The lowest BCUT2D eigenvalue weighted by molar-refractivity contribution is -0.115. The number of thiazole rings is 1. The Balaban J connectivity index is 1.67. The largest absolute Gasteiger partial charge is 0.497 e. The molecule has 3 aromatic rings. The molecule has 1 aromatic heterocycles. The number of carbonyl (C=O) groups is 1. The number of nitrogens with zero attached hydrogens (tertiary/aromatic N) is 2. The molecule has 1 aliphatic heterocycles. The first kappa shape index (κ1) is 21.7. The van der Waals surface area contributed by atoms with Gasteiger partial charge in [0.05, 0.1) is 22.2 Å². The van der Waals surface area contributed by atoms with Gasteiger partial charge in [0, 0.05) is 24.4 Å². The lowest BCUT2D eigenvalue weighted by Crippen LogP contribution is -2.21. The Kier molecular flexibility index (Phi) is 6.26. The number of aryl methyl sites for hydroxylation is 1. The molecule has 0 aliphatic carbocycles. The Labute approximate surface area is 187 Å². The quantitative estimate of drug-likeness (QED) is 0.513. The van der Waals surface area contributed by atoms with Gasteiger partial charge in [0.1, 0.15) is 11.5 Å². The fourth-order valence-corrected chi connectivity index (χ4v) is 5.67. The highest BCUT2D eigenvalue weighted by atomic mass is 32.2. The molecular weight excluding hydrogens is 460 g/mol. The van der Waals surface area contributed by atoms with Crippen molar-refractivity contribution in [1.82, 2.24) is 4.57 Å². The summed E-state index contributed by atoms with van der Waals surface area (Å²) in [5, 5.41) is 0. The molecule has 0 spiro atoms. The highest BCUT2D eigenvalue weighted by Crippen LogP contribution is 2.37. The van der Waals surface area contributed by atoms with Crippen LogP contribution < -0.4 is 19.0 Å². The Morgan fingerprint density at radius 1 is 1.23 bits per heavy atom. The van der Waals surface area contributed by atoms with Crippen molar-refractivity contribution in [2.24, 2.45) is 4.99 Å². The van der Waals surface area contributed by atoms with Gasteiger partial charge in [0.15, 0.2) is 26.1 Å². The number of benzene rings is 2. The van der Waals surface area contributed by atoms with Crippen LogP contribution in [0.4, 0.5) is 0 Å². The van der Waals surface area contributed by atoms with E-state index in [4.69, 9.17) is 14.2 Å². The standard InChI is InChI=1S/C20H20N2O6S3/c1-26-13-3-5-14(6-4-13)31(24,25)11-19(23)21-20-22(7-8-29-2)15-9-16-17(28-12-27-16)10-18(15)30-20/h3-6,9-10H,7-8,11-12H2,1-2H3. The molecule has 164 valence electrons. The van der Waals surface area contributed by atoms with Gasteiger partial charge in [-0.2, -0.15) is 16.8 Å². The number of amides is 1. The third kappa shape index (κ3) is 4.58. The monoisotopic (exact) mass is 480 g/mol. The number of sulfone groups is 1. The molecule has 11 heteroatoms. The number of hydrogen-bond donors (Lipinski definition) is 0. The molecule has 1 amide bonds. The summed E-state index contributed by atoms with van der Waals surface area (Å²) in [6.45, 7) is 0.800. The van der Waals surface area contributed by atoms with Gasteiger partial charge >= 0.3 is 0 Å². The second-order valence-electron chi connectivity index (χ2n) is 6.64. The molecule has 8 nitrogen and oxygen atoms in total. The molecule has 4 rings (SSSR count). The van der Waals surface area contributed by atoms with E-state index in [9.17, 15) is 13.2 Å². The van der Waals surface area contributed by atoms with Crippen LogP contribution in [0.5, 0.6) is 17.2 Å². The molecule has 0 unspecified atom stereocenters. The van der Waals surface area contributed by atoms with Crippen molar-refractivity contribution < 1.29 is 27.4 Å². The van der Waals surface area contributed by atoms with Crippen LogP contribution in [-0.2, 0) is 21.2 Å². The lowest BCUT2D eigenvalue weighted by atomic mass is 10.3. The minimum absolute atomic E-state index is 0.0502. The molecular formula is C20H20N2O6S3. The van der Waals surface area contributed by atoms with E-state index in [-0.39, 0.29) is 11.7 Å². The van der Waals surface area contributed by atoms with Crippen LogP contribution in [0.3, 0.4) is 0 Å². The lowest BCUT2D eigenvalue weighted by Gasteiger charge is -2.05. The summed E-state index contributed by atoms with van der Waals surface area (Å²) in [4.78, 5) is 17.2. The third-order valence-electron chi connectivity index (χ3n) is 4.65. The van der Waals surface area contributed by atoms with Gasteiger partial charge in [-0.15, -0.1) is 0 Å². The van der Waals surface area contributed by atoms with Crippen LogP contribution in [-0.4, -0.2) is 50.6 Å². The molecule has 0 N–H and O–H groups in total. The molecule has 2 aromatic carbocycles. The van der Waals surface area contributed by atoms with E-state index in [2.05, 4.69) is 4.99 Å². The van der Waals surface area contributed by atoms with Crippen molar-refractivity contribution in [3.05, 3.63) is 41.2 Å². The molecule has 0 saturated carbocycles. The fourth-order valence-electron chi connectivity index (χ4n) is 3.11. The summed E-state index contributed by atoms with van der Waals surface area (Å²) in [5.41, 5.74) is 0.868.